The molecule has 0 heterocycles. The summed E-state index contributed by atoms with van der Waals surface area (Å²) in [6, 6.07) is 5.84. The molecule has 1 amide bonds. The highest BCUT2D eigenvalue weighted by atomic mass is 19.1. The van der Waals surface area contributed by atoms with Gasteiger partial charge in [-0.25, -0.2) is 9.18 Å². The van der Waals surface area contributed by atoms with E-state index in [1.807, 2.05) is 0 Å². The Morgan fingerprint density at radius 1 is 1.24 bits per heavy atom. The lowest BCUT2D eigenvalue weighted by molar-refractivity contribution is -0.144. The molecule has 0 unspecified atom stereocenters. The van der Waals surface area contributed by atoms with Gasteiger partial charge in [0.25, 0.3) is 0 Å². The highest BCUT2D eigenvalue weighted by Gasteiger charge is 2.35. The summed E-state index contributed by atoms with van der Waals surface area (Å²) in [6.07, 6.45) is 2.13. The number of amides is 1. The van der Waals surface area contributed by atoms with Crippen molar-refractivity contribution >= 4 is 12.1 Å². The van der Waals surface area contributed by atoms with E-state index >= 15 is 0 Å². The number of carbonyl (C=O) groups is 2. The summed E-state index contributed by atoms with van der Waals surface area (Å²) in [4.78, 5) is 23.9. The first-order chi connectivity index (χ1) is 11.7. The van der Waals surface area contributed by atoms with Crippen LogP contribution in [0, 0.1) is 11.7 Å². The van der Waals surface area contributed by atoms with Gasteiger partial charge >= 0.3 is 12.1 Å². The Labute approximate surface area is 147 Å². The van der Waals surface area contributed by atoms with Gasteiger partial charge in [0.05, 0.1) is 13.0 Å². The Kier molecular flexibility index (Phi) is 6.39. The van der Waals surface area contributed by atoms with Crippen LogP contribution in [0.1, 0.15) is 45.6 Å². The number of alkyl carbamates (subject to hydrolysis) is 1. The molecule has 1 atom stereocenters. The molecule has 0 bridgehead atoms. The van der Waals surface area contributed by atoms with E-state index in [1.54, 1.807) is 32.9 Å². The zero-order valence-electron chi connectivity index (χ0n) is 15.0. The average molecular weight is 351 g/mol. The molecule has 1 aromatic rings. The van der Waals surface area contributed by atoms with Crippen LogP contribution < -0.4 is 5.32 Å². The molecule has 0 radical (unpaired) electrons. The maximum atomic E-state index is 12.8. The van der Waals surface area contributed by atoms with E-state index in [2.05, 4.69) is 5.32 Å². The number of rotatable bonds is 7. The van der Waals surface area contributed by atoms with Crippen LogP contribution >= 0.6 is 0 Å². The van der Waals surface area contributed by atoms with Crippen molar-refractivity contribution in [3.05, 3.63) is 35.6 Å². The third kappa shape index (κ3) is 7.54. The number of ether oxygens (including phenoxy) is 2. The number of esters is 1. The lowest BCUT2D eigenvalue weighted by Gasteiger charge is -2.23. The number of nitrogens with one attached hydrogen (secondary N) is 1. The molecule has 5 nitrogen and oxygen atoms in total. The van der Waals surface area contributed by atoms with Gasteiger partial charge in [0.1, 0.15) is 11.4 Å². The molecule has 0 spiro atoms. The molecule has 1 N–H and O–H groups in total. The van der Waals surface area contributed by atoms with Crippen molar-refractivity contribution in [3.8, 4) is 0 Å². The standard InChI is InChI=1S/C19H26FNO4/c1-19(2,3)25-18(23)21-16(14-6-7-14)12-17(22)24-11-10-13-4-8-15(20)9-5-13/h4-5,8-9,14,16H,6-7,10-12H2,1-3H3,(H,21,23)/t16-/m1/s1. The normalized spacial score (nSPS) is 15.4. The van der Waals surface area contributed by atoms with Gasteiger partial charge in [-0.3, -0.25) is 4.79 Å². The maximum absolute atomic E-state index is 12.8. The van der Waals surface area contributed by atoms with Crippen LogP contribution in [0.4, 0.5) is 9.18 Å². The monoisotopic (exact) mass is 351 g/mol. The van der Waals surface area contributed by atoms with Gasteiger partial charge < -0.3 is 14.8 Å². The van der Waals surface area contributed by atoms with Crippen LogP contribution in [0.3, 0.4) is 0 Å². The van der Waals surface area contributed by atoms with Crippen LogP contribution in [0.2, 0.25) is 0 Å². The van der Waals surface area contributed by atoms with Crippen molar-refractivity contribution in [2.24, 2.45) is 5.92 Å². The summed E-state index contributed by atoms with van der Waals surface area (Å²) in [7, 11) is 0. The van der Waals surface area contributed by atoms with Crippen molar-refractivity contribution in [3.63, 3.8) is 0 Å². The van der Waals surface area contributed by atoms with Crippen molar-refractivity contribution in [2.45, 2.75) is 58.1 Å². The SMILES string of the molecule is CC(C)(C)OC(=O)N[C@H](CC(=O)OCCc1ccc(F)cc1)C1CC1. The third-order valence-corrected chi connectivity index (χ3v) is 3.85. The topological polar surface area (TPSA) is 64.6 Å². The van der Waals surface area contributed by atoms with Gasteiger partial charge in [-0.05, 0) is 57.2 Å². The molecule has 0 saturated heterocycles. The number of hydrogen-bond donors (Lipinski definition) is 1. The van der Waals surface area contributed by atoms with Gasteiger partial charge in [0.2, 0.25) is 0 Å². The Hall–Kier alpha value is -2.11. The van der Waals surface area contributed by atoms with Crippen molar-refractivity contribution in [1.82, 2.24) is 5.32 Å². The fourth-order valence-corrected chi connectivity index (χ4v) is 2.47. The lowest BCUT2D eigenvalue weighted by Crippen LogP contribution is -2.41. The van der Waals surface area contributed by atoms with Gasteiger partial charge in [-0.2, -0.15) is 0 Å². The van der Waals surface area contributed by atoms with Gasteiger partial charge in [-0.1, -0.05) is 12.1 Å². The number of halogens is 1. The Morgan fingerprint density at radius 3 is 2.44 bits per heavy atom. The van der Waals surface area contributed by atoms with Crippen LogP contribution in [0.15, 0.2) is 24.3 Å². The molecule has 1 fully saturated rings. The number of carbonyl (C=O) groups excluding carboxylic acids is 2. The summed E-state index contributed by atoms with van der Waals surface area (Å²) >= 11 is 0. The van der Waals surface area contributed by atoms with Crippen LogP contribution in [-0.2, 0) is 20.7 Å². The van der Waals surface area contributed by atoms with Gasteiger partial charge in [0.15, 0.2) is 0 Å². The molecule has 1 saturated carbocycles. The Morgan fingerprint density at radius 2 is 1.88 bits per heavy atom. The van der Waals surface area contributed by atoms with E-state index in [9.17, 15) is 14.0 Å². The largest absolute Gasteiger partial charge is 0.465 e. The second kappa shape index (κ2) is 8.32. The van der Waals surface area contributed by atoms with E-state index in [1.165, 1.54) is 12.1 Å². The lowest BCUT2D eigenvalue weighted by atomic mass is 10.1. The first-order valence-corrected chi connectivity index (χ1v) is 8.62. The quantitative estimate of drug-likeness (QED) is 0.762. The minimum absolute atomic E-state index is 0.132. The van der Waals surface area contributed by atoms with Crippen LogP contribution in [0.25, 0.3) is 0 Å². The van der Waals surface area contributed by atoms with Crippen molar-refractivity contribution in [2.75, 3.05) is 6.61 Å². The molecule has 1 aliphatic rings. The predicted molar refractivity (Wildman–Crippen MR) is 91.6 cm³/mol. The first-order valence-electron chi connectivity index (χ1n) is 8.62. The molecule has 0 aromatic heterocycles. The van der Waals surface area contributed by atoms with E-state index < -0.39 is 11.7 Å². The maximum Gasteiger partial charge on any atom is 0.407 e. The highest BCUT2D eigenvalue weighted by molar-refractivity contribution is 5.73. The fraction of sp³-hybridized carbons (Fsp3) is 0.579. The van der Waals surface area contributed by atoms with Gasteiger partial charge in [-0.15, -0.1) is 0 Å². The predicted octanol–water partition coefficient (Wildman–Crippen LogP) is 3.60. The molecule has 1 aliphatic carbocycles. The third-order valence-electron chi connectivity index (χ3n) is 3.85. The summed E-state index contributed by atoms with van der Waals surface area (Å²) < 4.78 is 23.3. The van der Waals surface area contributed by atoms with Gasteiger partial charge in [0, 0.05) is 12.5 Å². The summed E-state index contributed by atoms with van der Waals surface area (Å²) in [5, 5.41) is 2.78. The number of benzene rings is 1. The summed E-state index contributed by atoms with van der Waals surface area (Å²) in [6.45, 7) is 5.61. The first kappa shape index (κ1) is 19.2. The minimum Gasteiger partial charge on any atom is -0.465 e. The minimum atomic E-state index is -0.576. The molecule has 138 valence electrons. The zero-order chi connectivity index (χ0) is 18.4. The molecular formula is C19H26FNO4. The molecule has 6 heteroatoms. The Balaban J connectivity index is 1.74. The van der Waals surface area contributed by atoms with Crippen molar-refractivity contribution in [1.29, 1.82) is 0 Å². The second-order valence-electron chi connectivity index (χ2n) is 7.39. The second-order valence-corrected chi connectivity index (χ2v) is 7.39. The number of hydrogen-bond acceptors (Lipinski definition) is 4. The van der Waals surface area contributed by atoms with Crippen molar-refractivity contribution < 1.29 is 23.5 Å². The van der Waals surface area contributed by atoms with E-state index in [4.69, 9.17) is 9.47 Å². The Bertz CT molecular complexity index is 590. The summed E-state index contributed by atoms with van der Waals surface area (Å²) in [5.41, 5.74) is 0.327. The van der Waals surface area contributed by atoms with E-state index in [0.717, 1.165) is 18.4 Å². The van der Waals surface area contributed by atoms with Crippen LogP contribution in [-0.4, -0.2) is 30.3 Å². The highest BCUT2D eigenvalue weighted by Crippen LogP contribution is 2.34. The zero-order valence-corrected chi connectivity index (χ0v) is 15.0. The van der Waals surface area contributed by atoms with Crippen LogP contribution in [0.5, 0.6) is 0 Å². The molecule has 25 heavy (non-hydrogen) atoms. The summed E-state index contributed by atoms with van der Waals surface area (Å²) in [5.74, 6) is -0.339. The average Bonchev–Trinajstić information content (AvgIpc) is 3.31. The molecule has 0 aliphatic heterocycles. The molecular weight excluding hydrogens is 325 g/mol. The fourth-order valence-electron chi connectivity index (χ4n) is 2.47. The smallest absolute Gasteiger partial charge is 0.407 e. The van der Waals surface area contributed by atoms with E-state index in [-0.39, 0.29) is 30.9 Å². The van der Waals surface area contributed by atoms with E-state index in [0.29, 0.717) is 12.3 Å². The molecule has 1 aromatic carbocycles. The molecule has 2 rings (SSSR count).